The molecule has 0 bridgehead atoms. The maximum Gasteiger partial charge on any atom is 0.417 e. The average Bonchev–Trinajstić information content (AvgIpc) is 2.26. The monoisotopic (exact) mass is 307 g/mol. The molecule has 0 amide bonds. The van der Waals surface area contributed by atoms with Crippen LogP contribution < -0.4 is 5.56 Å². The van der Waals surface area contributed by atoms with Gasteiger partial charge in [-0.3, -0.25) is 9.36 Å². The minimum absolute atomic E-state index is 0.175. The summed E-state index contributed by atoms with van der Waals surface area (Å²) < 4.78 is 38.7. The van der Waals surface area contributed by atoms with E-state index in [1.54, 1.807) is 0 Å². The van der Waals surface area contributed by atoms with Crippen molar-refractivity contribution in [1.29, 1.82) is 0 Å². The largest absolute Gasteiger partial charge is 0.417 e. The number of pyridine rings is 1. The van der Waals surface area contributed by atoms with E-state index in [9.17, 15) is 18.0 Å². The lowest BCUT2D eigenvalue weighted by atomic mass is 10.2. The predicted molar refractivity (Wildman–Crippen MR) is 67.1 cm³/mol. The van der Waals surface area contributed by atoms with Crippen molar-refractivity contribution < 1.29 is 13.2 Å². The molecule has 0 saturated heterocycles. The van der Waals surface area contributed by atoms with Gasteiger partial charge in [0.1, 0.15) is 0 Å². The molecule has 0 aliphatic rings. The fourth-order valence-electron chi connectivity index (χ4n) is 1.53. The average molecular weight is 308 g/mol. The minimum Gasteiger partial charge on any atom is -0.284 e. The zero-order chi connectivity index (χ0) is 14.2. The normalized spacial score (nSPS) is 11.6. The van der Waals surface area contributed by atoms with E-state index >= 15 is 0 Å². The highest BCUT2D eigenvalue weighted by atomic mass is 35.5. The van der Waals surface area contributed by atoms with Crippen LogP contribution in [0.5, 0.6) is 0 Å². The molecular weight excluding hydrogens is 302 g/mol. The summed E-state index contributed by atoms with van der Waals surface area (Å²) in [5, 5.41) is 0.457. The molecule has 0 aliphatic heterocycles. The first-order valence-corrected chi connectivity index (χ1v) is 5.79. The highest BCUT2D eigenvalue weighted by Gasteiger charge is 2.31. The number of alkyl halides is 3. The Morgan fingerprint density at radius 1 is 1.00 bits per heavy atom. The molecule has 0 N–H and O–H groups in total. The maximum absolute atomic E-state index is 12.6. The first-order chi connectivity index (χ1) is 8.77. The van der Waals surface area contributed by atoms with Gasteiger partial charge in [0, 0.05) is 22.3 Å². The Bertz CT molecular complexity index is 659. The molecule has 2 aromatic rings. The third-order valence-corrected chi connectivity index (χ3v) is 2.80. The van der Waals surface area contributed by atoms with E-state index in [1.807, 2.05) is 0 Å². The van der Waals surface area contributed by atoms with E-state index in [-0.39, 0.29) is 15.7 Å². The molecule has 0 unspecified atom stereocenters. The zero-order valence-corrected chi connectivity index (χ0v) is 10.7. The van der Waals surface area contributed by atoms with Gasteiger partial charge in [0.2, 0.25) is 0 Å². The van der Waals surface area contributed by atoms with Crippen LogP contribution in [0.25, 0.3) is 5.69 Å². The van der Waals surface area contributed by atoms with Gasteiger partial charge in [0.15, 0.2) is 0 Å². The molecule has 1 aromatic carbocycles. The first kappa shape index (κ1) is 14.0. The van der Waals surface area contributed by atoms with Crippen LogP contribution in [0.1, 0.15) is 5.56 Å². The van der Waals surface area contributed by atoms with Crippen molar-refractivity contribution >= 4 is 23.2 Å². The Balaban J connectivity index is 2.64. The van der Waals surface area contributed by atoms with E-state index in [0.717, 1.165) is 16.7 Å². The fourth-order valence-corrected chi connectivity index (χ4v) is 2.05. The molecular formula is C12H6Cl2F3NO. The smallest absolute Gasteiger partial charge is 0.284 e. The van der Waals surface area contributed by atoms with Gasteiger partial charge in [-0.05, 0) is 24.3 Å². The van der Waals surface area contributed by atoms with Crippen molar-refractivity contribution in [3.63, 3.8) is 0 Å². The van der Waals surface area contributed by atoms with Gasteiger partial charge in [0.25, 0.3) is 5.56 Å². The van der Waals surface area contributed by atoms with Gasteiger partial charge in [-0.1, -0.05) is 23.2 Å². The maximum atomic E-state index is 12.6. The van der Waals surface area contributed by atoms with Crippen LogP contribution in [0.3, 0.4) is 0 Å². The highest BCUT2D eigenvalue weighted by molar-refractivity contribution is 6.34. The van der Waals surface area contributed by atoms with E-state index in [1.165, 1.54) is 18.2 Å². The molecule has 2 rings (SSSR count). The van der Waals surface area contributed by atoms with E-state index in [2.05, 4.69) is 0 Å². The summed E-state index contributed by atoms with van der Waals surface area (Å²) >= 11 is 11.5. The van der Waals surface area contributed by atoms with Crippen molar-refractivity contribution in [2.24, 2.45) is 0 Å². The molecule has 0 radical (unpaired) electrons. The number of halogens is 5. The molecule has 0 aliphatic carbocycles. The number of hydrogen-bond donors (Lipinski definition) is 0. The second-order valence-corrected chi connectivity index (χ2v) is 4.62. The summed E-state index contributed by atoms with van der Waals surface area (Å²) in [5.41, 5.74) is -1.36. The van der Waals surface area contributed by atoms with Crippen molar-refractivity contribution in [2.75, 3.05) is 0 Å². The lowest BCUT2D eigenvalue weighted by Gasteiger charge is -2.11. The molecule has 2 nitrogen and oxygen atoms in total. The molecule has 1 aromatic heterocycles. The molecule has 19 heavy (non-hydrogen) atoms. The second kappa shape index (κ2) is 4.90. The number of nitrogens with zero attached hydrogens (tertiary/aromatic N) is 1. The summed E-state index contributed by atoms with van der Waals surface area (Å²) in [7, 11) is 0. The summed E-state index contributed by atoms with van der Waals surface area (Å²) in [4.78, 5) is 11.6. The Labute approximate surface area is 116 Å². The molecule has 0 atom stereocenters. The quantitative estimate of drug-likeness (QED) is 0.775. The van der Waals surface area contributed by atoms with Crippen molar-refractivity contribution in [3.8, 4) is 5.69 Å². The Hall–Kier alpha value is -1.46. The number of hydrogen-bond acceptors (Lipinski definition) is 1. The van der Waals surface area contributed by atoms with E-state index in [4.69, 9.17) is 23.2 Å². The summed E-state index contributed by atoms with van der Waals surface area (Å²) in [6.45, 7) is 0. The van der Waals surface area contributed by atoms with E-state index in [0.29, 0.717) is 6.20 Å². The molecule has 0 spiro atoms. The minimum atomic E-state index is -4.53. The Kier molecular flexibility index (Phi) is 3.60. The predicted octanol–water partition coefficient (Wildman–Crippen LogP) is 4.16. The molecule has 100 valence electrons. The van der Waals surface area contributed by atoms with Gasteiger partial charge in [-0.2, -0.15) is 13.2 Å². The lowest BCUT2D eigenvalue weighted by Crippen LogP contribution is -2.19. The van der Waals surface area contributed by atoms with Gasteiger partial charge < -0.3 is 0 Å². The van der Waals surface area contributed by atoms with E-state index < -0.39 is 17.3 Å². The van der Waals surface area contributed by atoms with Crippen LogP contribution in [0.15, 0.2) is 41.3 Å². The van der Waals surface area contributed by atoms with Crippen LogP contribution >= 0.6 is 23.2 Å². The summed E-state index contributed by atoms with van der Waals surface area (Å²) in [5.74, 6) is 0. The molecule has 1 heterocycles. The zero-order valence-electron chi connectivity index (χ0n) is 9.21. The topological polar surface area (TPSA) is 22.0 Å². The molecule has 0 fully saturated rings. The standard InChI is InChI=1S/C12H6Cl2F3NO/c13-8-3-9(14)5-10(4-8)18-6-7(12(15,16)17)1-2-11(18)19/h1-6H. The fraction of sp³-hybridized carbons (Fsp3) is 0.0833. The number of aromatic nitrogens is 1. The summed E-state index contributed by atoms with van der Waals surface area (Å²) in [6, 6.07) is 5.71. The van der Waals surface area contributed by atoms with Gasteiger partial charge in [-0.15, -0.1) is 0 Å². The Morgan fingerprint density at radius 2 is 1.58 bits per heavy atom. The SMILES string of the molecule is O=c1ccc(C(F)(F)F)cn1-c1cc(Cl)cc(Cl)c1. The van der Waals surface area contributed by atoms with Crippen LogP contribution in [0.2, 0.25) is 10.0 Å². The van der Waals surface area contributed by atoms with Gasteiger partial charge in [-0.25, -0.2) is 0 Å². The van der Waals surface area contributed by atoms with Gasteiger partial charge >= 0.3 is 6.18 Å². The number of benzene rings is 1. The molecule has 0 saturated carbocycles. The lowest BCUT2D eigenvalue weighted by molar-refractivity contribution is -0.138. The van der Waals surface area contributed by atoms with Gasteiger partial charge in [0.05, 0.1) is 11.3 Å². The van der Waals surface area contributed by atoms with Crippen molar-refractivity contribution in [3.05, 3.63) is 62.5 Å². The highest BCUT2D eigenvalue weighted by Crippen LogP contribution is 2.29. The van der Waals surface area contributed by atoms with Crippen molar-refractivity contribution in [2.45, 2.75) is 6.18 Å². The first-order valence-electron chi connectivity index (χ1n) is 5.04. The van der Waals surface area contributed by atoms with Crippen LogP contribution in [-0.2, 0) is 6.18 Å². The summed E-state index contributed by atoms with van der Waals surface area (Å²) in [6.07, 6.45) is -3.82. The van der Waals surface area contributed by atoms with Crippen molar-refractivity contribution in [1.82, 2.24) is 4.57 Å². The second-order valence-electron chi connectivity index (χ2n) is 3.75. The molecule has 7 heteroatoms. The Morgan fingerprint density at radius 3 is 2.11 bits per heavy atom. The third kappa shape index (κ3) is 3.11. The van der Waals surface area contributed by atoms with Crippen LogP contribution in [0, 0.1) is 0 Å². The van der Waals surface area contributed by atoms with Crippen LogP contribution in [0.4, 0.5) is 13.2 Å². The third-order valence-electron chi connectivity index (χ3n) is 2.36. The van der Waals surface area contributed by atoms with Crippen LogP contribution in [-0.4, -0.2) is 4.57 Å². The number of rotatable bonds is 1.